The number of hydrogen-bond donors (Lipinski definition) is 1. The van der Waals surface area contributed by atoms with Crippen molar-refractivity contribution in [1.29, 1.82) is 0 Å². The van der Waals surface area contributed by atoms with E-state index in [0.29, 0.717) is 12.3 Å². The van der Waals surface area contributed by atoms with Crippen LogP contribution in [0.3, 0.4) is 0 Å². The second kappa shape index (κ2) is 5.12. The molecular weight excluding hydrogens is 198 g/mol. The SMILES string of the molecule is CCCS(=O)(=O)N[C@@H](C)C1CCCC1. The highest BCUT2D eigenvalue weighted by molar-refractivity contribution is 7.89. The molecule has 1 saturated carbocycles. The van der Waals surface area contributed by atoms with Gasteiger partial charge in [0.15, 0.2) is 0 Å². The van der Waals surface area contributed by atoms with Crippen LogP contribution in [0, 0.1) is 5.92 Å². The molecule has 0 unspecified atom stereocenters. The van der Waals surface area contributed by atoms with Gasteiger partial charge in [-0.2, -0.15) is 0 Å². The molecular formula is C10H21NO2S. The summed E-state index contributed by atoms with van der Waals surface area (Å²) in [4.78, 5) is 0. The fourth-order valence-corrected chi connectivity index (χ4v) is 3.58. The van der Waals surface area contributed by atoms with Gasteiger partial charge in [0.25, 0.3) is 0 Å². The van der Waals surface area contributed by atoms with Crippen molar-refractivity contribution in [3.63, 3.8) is 0 Å². The zero-order valence-corrected chi connectivity index (χ0v) is 9.94. The van der Waals surface area contributed by atoms with E-state index >= 15 is 0 Å². The molecule has 0 aromatic heterocycles. The van der Waals surface area contributed by atoms with Crippen molar-refractivity contribution in [2.75, 3.05) is 5.75 Å². The standard InChI is InChI=1S/C10H21NO2S/c1-3-8-14(12,13)11-9(2)10-6-4-5-7-10/h9-11H,3-8H2,1-2H3/t9-/m0/s1. The van der Waals surface area contributed by atoms with Crippen molar-refractivity contribution in [2.45, 2.75) is 52.0 Å². The number of nitrogens with one attached hydrogen (secondary N) is 1. The summed E-state index contributed by atoms with van der Waals surface area (Å²) in [5, 5.41) is 0. The maximum absolute atomic E-state index is 11.5. The lowest BCUT2D eigenvalue weighted by Crippen LogP contribution is -2.38. The summed E-state index contributed by atoms with van der Waals surface area (Å²) in [7, 11) is -3.02. The molecule has 0 bridgehead atoms. The van der Waals surface area contributed by atoms with E-state index in [0.717, 1.165) is 0 Å². The van der Waals surface area contributed by atoms with Gasteiger partial charge in [-0.15, -0.1) is 0 Å². The molecule has 0 saturated heterocycles. The summed E-state index contributed by atoms with van der Waals surface area (Å²) >= 11 is 0. The Morgan fingerprint density at radius 3 is 2.43 bits per heavy atom. The van der Waals surface area contributed by atoms with Gasteiger partial charge in [0.2, 0.25) is 10.0 Å². The Balaban J connectivity index is 2.42. The molecule has 1 aliphatic carbocycles. The molecule has 0 aromatic carbocycles. The van der Waals surface area contributed by atoms with Gasteiger partial charge in [-0.3, -0.25) is 0 Å². The van der Waals surface area contributed by atoms with E-state index in [2.05, 4.69) is 4.72 Å². The summed E-state index contributed by atoms with van der Waals surface area (Å²) in [5.41, 5.74) is 0. The molecule has 0 aliphatic heterocycles. The maximum Gasteiger partial charge on any atom is 0.211 e. The van der Waals surface area contributed by atoms with Crippen LogP contribution in [-0.2, 0) is 10.0 Å². The lowest BCUT2D eigenvalue weighted by Gasteiger charge is -2.19. The Kier molecular flexibility index (Phi) is 4.38. The minimum absolute atomic E-state index is 0.119. The molecule has 1 fully saturated rings. The van der Waals surface area contributed by atoms with Crippen molar-refractivity contribution in [3.8, 4) is 0 Å². The third-order valence-electron chi connectivity index (χ3n) is 2.95. The Bertz CT molecular complexity index is 255. The fourth-order valence-electron chi connectivity index (χ4n) is 2.16. The van der Waals surface area contributed by atoms with Gasteiger partial charge in [-0.05, 0) is 32.1 Å². The van der Waals surface area contributed by atoms with Crippen LogP contribution in [-0.4, -0.2) is 20.2 Å². The molecule has 0 aromatic rings. The minimum Gasteiger partial charge on any atom is -0.212 e. The van der Waals surface area contributed by atoms with Crippen molar-refractivity contribution in [2.24, 2.45) is 5.92 Å². The van der Waals surface area contributed by atoms with Crippen LogP contribution < -0.4 is 4.72 Å². The average molecular weight is 219 g/mol. The molecule has 0 heterocycles. The molecule has 3 nitrogen and oxygen atoms in total. The summed E-state index contributed by atoms with van der Waals surface area (Å²) in [6.07, 6.45) is 5.55. The highest BCUT2D eigenvalue weighted by atomic mass is 32.2. The number of sulfonamides is 1. The van der Waals surface area contributed by atoms with E-state index < -0.39 is 10.0 Å². The zero-order valence-electron chi connectivity index (χ0n) is 9.12. The summed E-state index contributed by atoms with van der Waals surface area (Å²) < 4.78 is 25.7. The highest BCUT2D eigenvalue weighted by Crippen LogP contribution is 2.27. The normalized spacial score (nSPS) is 21.3. The third-order valence-corrected chi connectivity index (χ3v) is 4.62. The molecule has 1 aliphatic rings. The van der Waals surface area contributed by atoms with E-state index in [1.807, 2.05) is 13.8 Å². The fraction of sp³-hybridized carbons (Fsp3) is 1.00. The second-order valence-corrected chi connectivity index (χ2v) is 6.14. The molecule has 4 heteroatoms. The van der Waals surface area contributed by atoms with Gasteiger partial charge in [0, 0.05) is 6.04 Å². The van der Waals surface area contributed by atoms with Crippen LogP contribution in [0.4, 0.5) is 0 Å². The van der Waals surface area contributed by atoms with Crippen LogP contribution in [0.5, 0.6) is 0 Å². The largest absolute Gasteiger partial charge is 0.212 e. The Morgan fingerprint density at radius 1 is 1.36 bits per heavy atom. The van der Waals surface area contributed by atoms with E-state index in [1.165, 1.54) is 25.7 Å². The van der Waals surface area contributed by atoms with Gasteiger partial charge in [-0.25, -0.2) is 13.1 Å². The average Bonchev–Trinajstić information content (AvgIpc) is 2.53. The van der Waals surface area contributed by atoms with Crippen molar-refractivity contribution in [1.82, 2.24) is 4.72 Å². The summed E-state index contributed by atoms with van der Waals surface area (Å²) in [5.74, 6) is 0.811. The highest BCUT2D eigenvalue weighted by Gasteiger charge is 2.24. The van der Waals surface area contributed by atoms with Crippen molar-refractivity contribution in [3.05, 3.63) is 0 Å². The molecule has 14 heavy (non-hydrogen) atoms. The van der Waals surface area contributed by atoms with Crippen LogP contribution in [0.2, 0.25) is 0 Å². The van der Waals surface area contributed by atoms with Gasteiger partial charge >= 0.3 is 0 Å². The van der Waals surface area contributed by atoms with Crippen LogP contribution in [0.15, 0.2) is 0 Å². The first-order valence-electron chi connectivity index (χ1n) is 5.55. The zero-order chi connectivity index (χ0) is 10.6. The van der Waals surface area contributed by atoms with E-state index in [1.54, 1.807) is 0 Å². The maximum atomic E-state index is 11.5. The van der Waals surface area contributed by atoms with Crippen LogP contribution in [0.25, 0.3) is 0 Å². The number of hydrogen-bond acceptors (Lipinski definition) is 2. The van der Waals surface area contributed by atoms with Gasteiger partial charge < -0.3 is 0 Å². The van der Waals surface area contributed by atoms with Crippen LogP contribution >= 0.6 is 0 Å². The molecule has 1 N–H and O–H groups in total. The van der Waals surface area contributed by atoms with E-state index in [9.17, 15) is 8.42 Å². The lowest BCUT2D eigenvalue weighted by atomic mass is 10.0. The second-order valence-electron chi connectivity index (χ2n) is 4.27. The van der Waals surface area contributed by atoms with Crippen molar-refractivity contribution >= 4 is 10.0 Å². The Labute approximate surface area is 87.3 Å². The Morgan fingerprint density at radius 2 is 1.93 bits per heavy atom. The third kappa shape index (κ3) is 3.58. The molecule has 1 rings (SSSR count). The smallest absolute Gasteiger partial charge is 0.211 e. The first-order valence-corrected chi connectivity index (χ1v) is 7.20. The van der Waals surface area contributed by atoms with Crippen molar-refractivity contribution < 1.29 is 8.42 Å². The lowest BCUT2D eigenvalue weighted by molar-refractivity contribution is 0.424. The topological polar surface area (TPSA) is 46.2 Å². The monoisotopic (exact) mass is 219 g/mol. The number of rotatable bonds is 5. The van der Waals surface area contributed by atoms with E-state index in [-0.39, 0.29) is 11.8 Å². The first-order chi connectivity index (χ1) is 6.55. The predicted octanol–water partition coefficient (Wildman–Crippen LogP) is 1.89. The summed E-state index contributed by atoms with van der Waals surface area (Å²) in [6, 6.07) is 0.119. The van der Waals surface area contributed by atoms with Gasteiger partial charge in [0.1, 0.15) is 0 Å². The predicted molar refractivity (Wildman–Crippen MR) is 58.6 cm³/mol. The minimum atomic E-state index is -3.02. The Hall–Kier alpha value is -0.0900. The quantitative estimate of drug-likeness (QED) is 0.767. The molecule has 1 atom stereocenters. The molecule has 0 radical (unpaired) electrons. The molecule has 0 spiro atoms. The van der Waals surface area contributed by atoms with Gasteiger partial charge in [-0.1, -0.05) is 19.8 Å². The van der Waals surface area contributed by atoms with E-state index in [4.69, 9.17) is 0 Å². The molecule has 84 valence electrons. The molecule has 0 amide bonds. The summed E-state index contributed by atoms with van der Waals surface area (Å²) in [6.45, 7) is 3.88. The first kappa shape index (κ1) is 12.0. The van der Waals surface area contributed by atoms with Crippen LogP contribution in [0.1, 0.15) is 46.0 Å². The van der Waals surface area contributed by atoms with Gasteiger partial charge in [0.05, 0.1) is 5.75 Å².